The van der Waals surface area contributed by atoms with Crippen LogP contribution in [0.1, 0.15) is 55.3 Å². The van der Waals surface area contributed by atoms with Crippen molar-refractivity contribution in [2.45, 2.75) is 44.9 Å². The minimum absolute atomic E-state index is 0.0439. The highest BCUT2D eigenvalue weighted by Gasteiger charge is 2.30. The summed E-state index contributed by atoms with van der Waals surface area (Å²) in [6.45, 7) is 4.45. The molecule has 1 aromatic rings. The maximum Gasteiger partial charge on any atom is 0.319 e. The maximum atomic E-state index is 12.7. The molecule has 31 heavy (non-hydrogen) atoms. The van der Waals surface area contributed by atoms with Crippen LogP contribution in [0.3, 0.4) is 0 Å². The van der Waals surface area contributed by atoms with Crippen LogP contribution in [0, 0.1) is 5.92 Å². The summed E-state index contributed by atoms with van der Waals surface area (Å²) >= 11 is 6.38. The van der Waals surface area contributed by atoms with E-state index in [1.165, 1.54) is 0 Å². The minimum Gasteiger partial charge on any atom is -0.339 e. The Kier molecular flexibility index (Phi) is 7.00. The van der Waals surface area contributed by atoms with Crippen molar-refractivity contribution in [3.8, 4) is 0 Å². The first kappa shape index (κ1) is 21.9. The third-order valence-corrected chi connectivity index (χ3v) is 6.94. The number of anilines is 1. The average Bonchev–Trinajstić information content (AvgIpc) is 3.34. The van der Waals surface area contributed by atoms with E-state index in [1.54, 1.807) is 18.2 Å². The van der Waals surface area contributed by atoms with Gasteiger partial charge in [0.15, 0.2) is 0 Å². The number of hydrogen-bond donors (Lipinski definition) is 1. The highest BCUT2D eigenvalue weighted by atomic mass is 35.5. The van der Waals surface area contributed by atoms with E-state index in [0.717, 1.165) is 58.3 Å². The van der Waals surface area contributed by atoms with Gasteiger partial charge < -0.3 is 20.0 Å². The normalized spacial score (nSPS) is 20.1. The van der Waals surface area contributed by atoms with Crippen molar-refractivity contribution in [1.82, 2.24) is 14.7 Å². The molecule has 168 valence electrons. The number of amides is 4. The van der Waals surface area contributed by atoms with Crippen LogP contribution in [0.25, 0.3) is 0 Å². The predicted molar refractivity (Wildman–Crippen MR) is 120 cm³/mol. The average molecular weight is 447 g/mol. The Hall–Kier alpha value is -2.28. The quantitative estimate of drug-likeness (QED) is 0.766. The Bertz CT molecular complexity index is 826. The van der Waals surface area contributed by atoms with Crippen LogP contribution in [-0.2, 0) is 4.79 Å². The molecule has 1 aromatic carbocycles. The van der Waals surface area contributed by atoms with Crippen LogP contribution in [0.4, 0.5) is 10.5 Å². The summed E-state index contributed by atoms with van der Waals surface area (Å²) in [4.78, 5) is 43.6. The van der Waals surface area contributed by atoms with E-state index in [0.29, 0.717) is 42.2 Å². The Labute approximate surface area is 188 Å². The van der Waals surface area contributed by atoms with Crippen molar-refractivity contribution in [3.63, 3.8) is 0 Å². The fraction of sp³-hybridized carbons (Fsp3) is 0.609. The third kappa shape index (κ3) is 5.14. The Balaban J connectivity index is 1.30. The number of likely N-dealkylation sites (tertiary alicyclic amines) is 3. The van der Waals surface area contributed by atoms with Crippen molar-refractivity contribution in [2.24, 2.45) is 5.92 Å². The number of benzene rings is 1. The zero-order chi connectivity index (χ0) is 21.8. The van der Waals surface area contributed by atoms with Gasteiger partial charge in [0, 0.05) is 50.9 Å². The molecule has 0 atom stereocenters. The van der Waals surface area contributed by atoms with Gasteiger partial charge in [-0.15, -0.1) is 0 Å². The van der Waals surface area contributed by atoms with Crippen LogP contribution >= 0.6 is 11.6 Å². The minimum atomic E-state index is -0.129. The molecular weight excluding hydrogens is 416 g/mol. The lowest BCUT2D eigenvalue weighted by Gasteiger charge is -2.34. The van der Waals surface area contributed by atoms with Gasteiger partial charge in [0.05, 0.1) is 10.6 Å². The van der Waals surface area contributed by atoms with E-state index >= 15 is 0 Å². The second kappa shape index (κ2) is 9.90. The molecule has 0 unspecified atom stereocenters. The molecule has 3 aliphatic rings. The van der Waals surface area contributed by atoms with E-state index in [1.807, 2.05) is 14.7 Å². The van der Waals surface area contributed by atoms with Gasteiger partial charge in [0.25, 0.3) is 5.91 Å². The van der Waals surface area contributed by atoms with Crippen LogP contribution in [0.5, 0.6) is 0 Å². The van der Waals surface area contributed by atoms with Crippen molar-refractivity contribution < 1.29 is 14.4 Å². The summed E-state index contributed by atoms with van der Waals surface area (Å²) < 4.78 is 0. The number of nitrogens with zero attached hydrogens (tertiary/aromatic N) is 3. The maximum absolute atomic E-state index is 12.7. The van der Waals surface area contributed by atoms with Crippen molar-refractivity contribution >= 4 is 35.1 Å². The summed E-state index contributed by atoms with van der Waals surface area (Å²) in [5.74, 6) is -0.229. The monoisotopic (exact) mass is 446 g/mol. The topological polar surface area (TPSA) is 73.0 Å². The number of halogens is 1. The van der Waals surface area contributed by atoms with E-state index in [4.69, 9.17) is 11.6 Å². The highest BCUT2D eigenvalue weighted by molar-refractivity contribution is 6.34. The lowest BCUT2D eigenvalue weighted by molar-refractivity contribution is -0.121. The molecule has 3 fully saturated rings. The number of piperidine rings is 2. The van der Waals surface area contributed by atoms with E-state index in [2.05, 4.69) is 5.32 Å². The fourth-order valence-corrected chi connectivity index (χ4v) is 4.98. The number of rotatable bonds is 3. The van der Waals surface area contributed by atoms with E-state index in [-0.39, 0.29) is 23.8 Å². The Morgan fingerprint density at radius 3 is 2.03 bits per heavy atom. The van der Waals surface area contributed by atoms with Crippen molar-refractivity contribution in [3.05, 3.63) is 28.8 Å². The zero-order valence-corrected chi connectivity index (χ0v) is 18.7. The molecule has 0 spiro atoms. The zero-order valence-electron chi connectivity index (χ0n) is 17.9. The summed E-state index contributed by atoms with van der Waals surface area (Å²) in [6, 6.07) is 5.21. The first-order valence-corrected chi connectivity index (χ1v) is 11.8. The number of hydrogen-bond acceptors (Lipinski definition) is 3. The summed E-state index contributed by atoms with van der Waals surface area (Å²) in [6.07, 6.45) is 6.69. The molecular formula is C23H31ClN4O3. The van der Waals surface area contributed by atoms with Gasteiger partial charge in [0.1, 0.15) is 0 Å². The van der Waals surface area contributed by atoms with Gasteiger partial charge in [0.2, 0.25) is 5.91 Å². The Morgan fingerprint density at radius 1 is 0.806 bits per heavy atom. The molecule has 1 N–H and O–H groups in total. The van der Waals surface area contributed by atoms with E-state index in [9.17, 15) is 14.4 Å². The molecule has 3 saturated heterocycles. The van der Waals surface area contributed by atoms with Crippen LogP contribution < -0.4 is 5.32 Å². The van der Waals surface area contributed by atoms with Crippen molar-refractivity contribution in [2.75, 3.05) is 44.6 Å². The molecule has 4 rings (SSSR count). The standard InChI is InChI=1S/C23H31ClN4O3/c24-20-16-18(6-7-19(20)22(30)26-10-2-1-3-11-26)25-21(29)17-8-14-28(15-9-17)23(31)27-12-4-5-13-27/h6-7,16-17H,1-5,8-15H2,(H,25,29). The predicted octanol–water partition coefficient (Wildman–Crippen LogP) is 3.83. The molecule has 3 aliphatic heterocycles. The van der Waals surface area contributed by atoms with Gasteiger partial charge in [-0.1, -0.05) is 11.6 Å². The third-order valence-electron chi connectivity index (χ3n) is 6.62. The smallest absolute Gasteiger partial charge is 0.319 e. The first-order valence-electron chi connectivity index (χ1n) is 11.5. The number of carbonyl (C=O) groups is 3. The second-order valence-electron chi connectivity index (χ2n) is 8.77. The highest BCUT2D eigenvalue weighted by Crippen LogP contribution is 2.26. The molecule has 4 amide bonds. The fourth-order valence-electron chi connectivity index (χ4n) is 4.72. The Morgan fingerprint density at radius 2 is 1.39 bits per heavy atom. The summed E-state index contributed by atoms with van der Waals surface area (Å²) in [7, 11) is 0. The first-order chi connectivity index (χ1) is 15.0. The molecule has 0 radical (unpaired) electrons. The lowest BCUT2D eigenvalue weighted by Crippen LogP contribution is -2.47. The number of urea groups is 1. The van der Waals surface area contributed by atoms with Crippen LogP contribution in [0.15, 0.2) is 18.2 Å². The van der Waals surface area contributed by atoms with Gasteiger partial charge in [-0.2, -0.15) is 0 Å². The lowest BCUT2D eigenvalue weighted by atomic mass is 9.96. The van der Waals surface area contributed by atoms with Crippen LogP contribution in [-0.4, -0.2) is 71.8 Å². The van der Waals surface area contributed by atoms with Gasteiger partial charge in [-0.25, -0.2) is 4.79 Å². The molecule has 0 aliphatic carbocycles. The summed E-state index contributed by atoms with van der Waals surface area (Å²) in [5, 5.41) is 3.30. The summed E-state index contributed by atoms with van der Waals surface area (Å²) in [5.41, 5.74) is 1.08. The molecule has 0 saturated carbocycles. The molecule has 7 nitrogen and oxygen atoms in total. The largest absolute Gasteiger partial charge is 0.339 e. The second-order valence-corrected chi connectivity index (χ2v) is 9.18. The van der Waals surface area contributed by atoms with Gasteiger partial charge >= 0.3 is 6.03 Å². The number of carbonyl (C=O) groups excluding carboxylic acids is 3. The molecule has 0 bridgehead atoms. The van der Waals surface area contributed by atoms with Crippen LogP contribution in [0.2, 0.25) is 5.02 Å². The van der Waals surface area contributed by atoms with Gasteiger partial charge in [-0.05, 0) is 63.1 Å². The van der Waals surface area contributed by atoms with Gasteiger partial charge in [-0.3, -0.25) is 9.59 Å². The molecule has 8 heteroatoms. The molecule has 3 heterocycles. The van der Waals surface area contributed by atoms with E-state index < -0.39 is 0 Å². The molecule has 0 aromatic heterocycles. The SMILES string of the molecule is O=C(Nc1ccc(C(=O)N2CCCCC2)c(Cl)c1)C1CCN(C(=O)N2CCCC2)CC1. The number of nitrogens with one attached hydrogen (secondary N) is 1. The van der Waals surface area contributed by atoms with Crippen molar-refractivity contribution in [1.29, 1.82) is 0 Å².